The molecule has 168 valence electrons. The summed E-state index contributed by atoms with van der Waals surface area (Å²) in [4.78, 5) is 36.2. The lowest BCUT2D eigenvalue weighted by molar-refractivity contribution is -0.133. The maximum atomic E-state index is 13.3. The number of rotatable bonds is 7. The van der Waals surface area contributed by atoms with Gasteiger partial charge < -0.3 is 10.2 Å². The Hall–Kier alpha value is -3.80. The van der Waals surface area contributed by atoms with Gasteiger partial charge in [-0.1, -0.05) is 30.3 Å². The van der Waals surface area contributed by atoms with Gasteiger partial charge in [0.05, 0.1) is 11.0 Å². The zero-order chi connectivity index (χ0) is 23.1. The standard InChI is InChI=1S/C27H28N4O2/c1-2-12-30-26(33)27(10-16-31(17-11-27)25(32)24-7-4-13-29-20-24)19-21-5-3-6-23(18-21)22-8-14-28-15-9-22/h2-9,13-15,18,20H,1,10-12,16-17,19H2,(H,30,33). The molecule has 1 aromatic carbocycles. The summed E-state index contributed by atoms with van der Waals surface area (Å²) in [5.74, 6) is -0.0203. The summed E-state index contributed by atoms with van der Waals surface area (Å²) in [6, 6.07) is 15.8. The number of nitrogens with one attached hydrogen (secondary N) is 1. The van der Waals surface area contributed by atoms with Gasteiger partial charge in [0.15, 0.2) is 0 Å². The van der Waals surface area contributed by atoms with Crippen LogP contribution >= 0.6 is 0 Å². The average Bonchev–Trinajstić information content (AvgIpc) is 2.88. The minimum absolute atomic E-state index is 0.0187. The van der Waals surface area contributed by atoms with E-state index in [1.54, 1.807) is 43.0 Å². The molecule has 0 bridgehead atoms. The van der Waals surface area contributed by atoms with Gasteiger partial charge in [-0.2, -0.15) is 0 Å². The zero-order valence-electron chi connectivity index (χ0n) is 18.6. The first kappa shape index (κ1) is 22.4. The van der Waals surface area contributed by atoms with Gasteiger partial charge in [0, 0.05) is 44.4 Å². The van der Waals surface area contributed by atoms with E-state index in [9.17, 15) is 9.59 Å². The van der Waals surface area contributed by atoms with E-state index in [1.807, 2.05) is 23.1 Å². The summed E-state index contributed by atoms with van der Waals surface area (Å²) in [7, 11) is 0. The van der Waals surface area contributed by atoms with Crippen LogP contribution in [0.25, 0.3) is 11.1 Å². The molecule has 1 saturated heterocycles. The van der Waals surface area contributed by atoms with Crippen LogP contribution in [0.2, 0.25) is 0 Å². The number of likely N-dealkylation sites (tertiary alicyclic amines) is 1. The molecule has 2 amide bonds. The summed E-state index contributed by atoms with van der Waals surface area (Å²) < 4.78 is 0. The quantitative estimate of drug-likeness (QED) is 0.565. The first-order valence-electron chi connectivity index (χ1n) is 11.2. The molecule has 1 fully saturated rings. The molecule has 1 N–H and O–H groups in total. The van der Waals surface area contributed by atoms with E-state index < -0.39 is 5.41 Å². The van der Waals surface area contributed by atoms with E-state index in [4.69, 9.17) is 0 Å². The molecular weight excluding hydrogens is 412 g/mol. The molecule has 33 heavy (non-hydrogen) atoms. The smallest absolute Gasteiger partial charge is 0.255 e. The maximum Gasteiger partial charge on any atom is 0.255 e. The summed E-state index contributed by atoms with van der Waals surface area (Å²) >= 11 is 0. The minimum Gasteiger partial charge on any atom is -0.352 e. The first-order chi connectivity index (χ1) is 16.1. The molecule has 0 radical (unpaired) electrons. The second-order valence-electron chi connectivity index (χ2n) is 8.43. The number of piperidine rings is 1. The van der Waals surface area contributed by atoms with Crippen molar-refractivity contribution in [2.75, 3.05) is 19.6 Å². The van der Waals surface area contributed by atoms with Crippen LogP contribution in [0.1, 0.15) is 28.8 Å². The molecule has 3 heterocycles. The van der Waals surface area contributed by atoms with Crippen molar-refractivity contribution < 1.29 is 9.59 Å². The molecule has 0 saturated carbocycles. The van der Waals surface area contributed by atoms with Crippen molar-refractivity contribution in [3.63, 3.8) is 0 Å². The number of nitrogens with zero attached hydrogens (tertiary/aromatic N) is 3. The van der Waals surface area contributed by atoms with E-state index in [-0.39, 0.29) is 11.8 Å². The van der Waals surface area contributed by atoms with Gasteiger partial charge in [0.25, 0.3) is 5.91 Å². The molecule has 4 rings (SSSR count). The largest absolute Gasteiger partial charge is 0.352 e. The first-order valence-corrected chi connectivity index (χ1v) is 11.2. The predicted octanol–water partition coefficient (Wildman–Crippen LogP) is 3.91. The summed E-state index contributed by atoms with van der Waals surface area (Å²) in [5.41, 5.74) is 3.29. The Kier molecular flexibility index (Phi) is 6.93. The highest BCUT2D eigenvalue weighted by atomic mass is 16.2. The summed E-state index contributed by atoms with van der Waals surface area (Å²) in [6.07, 6.45) is 10.3. The van der Waals surface area contributed by atoms with E-state index in [0.717, 1.165) is 16.7 Å². The number of hydrogen-bond acceptors (Lipinski definition) is 4. The van der Waals surface area contributed by atoms with Gasteiger partial charge >= 0.3 is 0 Å². The fraction of sp³-hybridized carbons (Fsp3) is 0.259. The molecule has 2 aromatic heterocycles. The van der Waals surface area contributed by atoms with Gasteiger partial charge in [-0.25, -0.2) is 0 Å². The lowest BCUT2D eigenvalue weighted by Gasteiger charge is -2.41. The van der Waals surface area contributed by atoms with Crippen molar-refractivity contribution in [2.45, 2.75) is 19.3 Å². The lowest BCUT2D eigenvalue weighted by Crippen LogP contribution is -2.51. The molecule has 0 atom stereocenters. The van der Waals surface area contributed by atoms with Gasteiger partial charge in [-0.15, -0.1) is 6.58 Å². The number of carbonyl (C=O) groups excluding carboxylic acids is 2. The number of benzene rings is 1. The molecule has 6 heteroatoms. The summed E-state index contributed by atoms with van der Waals surface area (Å²) in [6.45, 7) is 5.20. The molecule has 0 aliphatic carbocycles. The fourth-order valence-corrected chi connectivity index (χ4v) is 4.44. The van der Waals surface area contributed by atoms with Crippen molar-refractivity contribution >= 4 is 11.8 Å². The van der Waals surface area contributed by atoms with Crippen LogP contribution in [0.4, 0.5) is 0 Å². The SMILES string of the molecule is C=CCNC(=O)C1(Cc2cccc(-c3ccncc3)c2)CCN(C(=O)c2cccnc2)CC1. The Bertz CT molecular complexity index is 1110. The zero-order valence-corrected chi connectivity index (χ0v) is 18.6. The molecule has 1 aliphatic rings. The molecule has 1 aliphatic heterocycles. The summed E-state index contributed by atoms with van der Waals surface area (Å²) in [5, 5.41) is 3.01. The maximum absolute atomic E-state index is 13.3. The lowest BCUT2D eigenvalue weighted by atomic mass is 9.72. The Labute approximate surface area is 194 Å². The van der Waals surface area contributed by atoms with E-state index >= 15 is 0 Å². The second-order valence-corrected chi connectivity index (χ2v) is 8.43. The molecular formula is C27H28N4O2. The Balaban J connectivity index is 1.54. The third kappa shape index (κ3) is 5.17. The number of amides is 2. The molecule has 6 nitrogen and oxygen atoms in total. The predicted molar refractivity (Wildman–Crippen MR) is 128 cm³/mol. The topological polar surface area (TPSA) is 75.2 Å². The highest BCUT2D eigenvalue weighted by Crippen LogP contribution is 2.37. The van der Waals surface area contributed by atoms with Crippen LogP contribution in [0.3, 0.4) is 0 Å². The van der Waals surface area contributed by atoms with Crippen LogP contribution in [0.5, 0.6) is 0 Å². The minimum atomic E-state index is -0.578. The van der Waals surface area contributed by atoms with Gasteiger partial charge in [-0.3, -0.25) is 19.6 Å². The Morgan fingerprint density at radius 3 is 2.48 bits per heavy atom. The van der Waals surface area contributed by atoms with Crippen LogP contribution in [0, 0.1) is 5.41 Å². The van der Waals surface area contributed by atoms with Crippen LogP contribution in [-0.2, 0) is 11.2 Å². The fourth-order valence-electron chi connectivity index (χ4n) is 4.44. The highest BCUT2D eigenvalue weighted by Gasteiger charge is 2.42. The second kappa shape index (κ2) is 10.2. The number of pyridine rings is 2. The molecule has 0 unspecified atom stereocenters. The van der Waals surface area contributed by atoms with Gasteiger partial charge in [-0.05, 0) is 60.2 Å². The Morgan fingerprint density at radius 2 is 1.79 bits per heavy atom. The van der Waals surface area contributed by atoms with Crippen LogP contribution in [0.15, 0.2) is 86.0 Å². The number of aromatic nitrogens is 2. The van der Waals surface area contributed by atoms with Crippen molar-refractivity contribution in [3.8, 4) is 11.1 Å². The van der Waals surface area contributed by atoms with Crippen molar-refractivity contribution in [1.29, 1.82) is 0 Å². The van der Waals surface area contributed by atoms with E-state index in [1.165, 1.54) is 0 Å². The van der Waals surface area contributed by atoms with Gasteiger partial charge in [0.2, 0.25) is 5.91 Å². The van der Waals surface area contributed by atoms with Crippen molar-refractivity contribution in [2.24, 2.45) is 5.41 Å². The third-order valence-corrected chi connectivity index (χ3v) is 6.29. The highest BCUT2D eigenvalue weighted by molar-refractivity contribution is 5.94. The number of carbonyl (C=O) groups is 2. The van der Waals surface area contributed by atoms with E-state index in [2.05, 4.69) is 40.1 Å². The average molecular weight is 441 g/mol. The monoisotopic (exact) mass is 440 g/mol. The van der Waals surface area contributed by atoms with E-state index in [0.29, 0.717) is 44.5 Å². The normalized spacial score (nSPS) is 15.0. The molecule has 3 aromatic rings. The van der Waals surface area contributed by atoms with Crippen LogP contribution < -0.4 is 5.32 Å². The number of hydrogen-bond donors (Lipinski definition) is 1. The molecule has 0 spiro atoms. The Morgan fingerprint density at radius 1 is 1.00 bits per heavy atom. The third-order valence-electron chi connectivity index (χ3n) is 6.29. The van der Waals surface area contributed by atoms with Gasteiger partial charge in [0.1, 0.15) is 0 Å². The van der Waals surface area contributed by atoms with Crippen molar-refractivity contribution in [1.82, 2.24) is 20.2 Å². The van der Waals surface area contributed by atoms with Crippen molar-refractivity contribution in [3.05, 3.63) is 97.1 Å². The van der Waals surface area contributed by atoms with Crippen LogP contribution in [-0.4, -0.2) is 46.3 Å².